The first kappa shape index (κ1) is 23.9. The van der Waals surface area contributed by atoms with Gasteiger partial charge in [-0.1, -0.05) is 54.2 Å². The first-order valence-corrected chi connectivity index (χ1v) is 11.1. The summed E-state index contributed by atoms with van der Waals surface area (Å²) in [5.41, 5.74) is 1.09. The molecule has 172 valence electrons. The molecule has 0 saturated carbocycles. The number of anilines is 1. The van der Waals surface area contributed by atoms with Gasteiger partial charge in [0.15, 0.2) is 0 Å². The smallest absolute Gasteiger partial charge is 0.349 e. The standard InChI is InChI=1S/C21H24F3N5O2S/c22-21(23,24)19-28-29-20(32-19)27-17(30)12-11-15(10-9-14-6-2-1-3-7-14)26-18(31)16-8-4-5-13-25-16/h1-3,6-7,11-12,15-16,25H,4-5,8-10,13H2,(H,26,31)(H,27,29,30). The molecule has 1 aromatic heterocycles. The molecule has 1 fully saturated rings. The number of halogens is 3. The van der Waals surface area contributed by atoms with Gasteiger partial charge >= 0.3 is 6.18 Å². The van der Waals surface area contributed by atoms with Crippen LogP contribution in [0.25, 0.3) is 0 Å². The fraction of sp³-hybridized carbons (Fsp3) is 0.429. The minimum Gasteiger partial charge on any atom is -0.349 e. The molecule has 3 N–H and O–H groups in total. The fourth-order valence-electron chi connectivity index (χ4n) is 3.28. The van der Waals surface area contributed by atoms with E-state index in [1.165, 1.54) is 6.08 Å². The van der Waals surface area contributed by atoms with E-state index in [-0.39, 0.29) is 28.4 Å². The van der Waals surface area contributed by atoms with Crippen LogP contribution >= 0.6 is 11.3 Å². The Hall–Kier alpha value is -2.79. The van der Waals surface area contributed by atoms with Crippen LogP contribution in [0.3, 0.4) is 0 Å². The maximum absolute atomic E-state index is 12.6. The highest BCUT2D eigenvalue weighted by atomic mass is 32.1. The van der Waals surface area contributed by atoms with Crippen molar-refractivity contribution >= 4 is 28.3 Å². The third-order valence-corrected chi connectivity index (χ3v) is 5.80. The lowest BCUT2D eigenvalue weighted by Crippen LogP contribution is -2.49. The number of piperidine rings is 1. The number of rotatable bonds is 8. The highest BCUT2D eigenvalue weighted by Crippen LogP contribution is 2.32. The van der Waals surface area contributed by atoms with Gasteiger partial charge in [-0.15, -0.1) is 10.2 Å². The molecule has 0 radical (unpaired) electrons. The van der Waals surface area contributed by atoms with Crippen molar-refractivity contribution in [2.24, 2.45) is 0 Å². The molecule has 0 aliphatic carbocycles. The molecule has 1 aromatic carbocycles. The molecule has 32 heavy (non-hydrogen) atoms. The molecule has 11 heteroatoms. The second-order valence-electron chi connectivity index (χ2n) is 7.40. The van der Waals surface area contributed by atoms with Gasteiger partial charge in [-0.05, 0) is 37.8 Å². The van der Waals surface area contributed by atoms with Crippen molar-refractivity contribution in [3.8, 4) is 0 Å². The number of hydrogen-bond acceptors (Lipinski definition) is 6. The molecule has 0 spiro atoms. The van der Waals surface area contributed by atoms with Crippen molar-refractivity contribution < 1.29 is 22.8 Å². The normalized spacial score (nSPS) is 17.8. The van der Waals surface area contributed by atoms with Crippen LogP contribution in [0.1, 0.15) is 36.3 Å². The number of alkyl halides is 3. The Morgan fingerprint density at radius 2 is 2.00 bits per heavy atom. The van der Waals surface area contributed by atoms with Gasteiger partial charge < -0.3 is 10.6 Å². The van der Waals surface area contributed by atoms with Gasteiger partial charge in [0.2, 0.25) is 22.0 Å². The van der Waals surface area contributed by atoms with E-state index in [2.05, 4.69) is 26.1 Å². The minimum atomic E-state index is -4.61. The monoisotopic (exact) mass is 467 g/mol. The number of amides is 2. The molecule has 1 aliphatic heterocycles. The lowest BCUT2D eigenvalue weighted by atomic mass is 10.0. The third-order valence-electron chi connectivity index (χ3n) is 4.92. The van der Waals surface area contributed by atoms with Gasteiger partial charge in [-0.3, -0.25) is 14.9 Å². The average Bonchev–Trinajstić information content (AvgIpc) is 3.26. The van der Waals surface area contributed by atoms with Crippen LogP contribution in [0, 0.1) is 0 Å². The van der Waals surface area contributed by atoms with E-state index in [1.54, 1.807) is 6.08 Å². The average molecular weight is 468 g/mol. The van der Waals surface area contributed by atoms with E-state index in [0.29, 0.717) is 12.8 Å². The highest BCUT2D eigenvalue weighted by molar-refractivity contribution is 7.15. The predicted octanol–water partition coefficient (Wildman–Crippen LogP) is 3.31. The molecular weight excluding hydrogens is 443 g/mol. The lowest BCUT2D eigenvalue weighted by Gasteiger charge is -2.25. The zero-order valence-electron chi connectivity index (χ0n) is 17.2. The third kappa shape index (κ3) is 7.41. The molecule has 0 bridgehead atoms. The maximum atomic E-state index is 12.6. The summed E-state index contributed by atoms with van der Waals surface area (Å²) >= 11 is 0.248. The number of nitrogens with zero attached hydrogens (tertiary/aromatic N) is 2. The molecular formula is C21H24F3N5O2S. The Morgan fingerprint density at radius 1 is 1.22 bits per heavy atom. The molecule has 2 unspecified atom stereocenters. The van der Waals surface area contributed by atoms with Gasteiger partial charge in [0.05, 0.1) is 6.04 Å². The van der Waals surface area contributed by atoms with E-state index < -0.39 is 23.1 Å². The van der Waals surface area contributed by atoms with Crippen molar-refractivity contribution in [1.29, 1.82) is 0 Å². The fourth-order valence-corrected chi connectivity index (χ4v) is 3.89. The summed E-state index contributed by atoms with van der Waals surface area (Å²) in [6, 6.07) is 9.03. The number of benzene rings is 1. The van der Waals surface area contributed by atoms with Crippen LogP contribution in [-0.2, 0) is 22.2 Å². The lowest BCUT2D eigenvalue weighted by molar-refractivity contribution is -0.138. The van der Waals surface area contributed by atoms with E-state index in [4.69, 9.17) is 0 Å². The quantitative estimate of drug-likeness (QED) is 0.518. The largest absolute Gasteiger partial charge is 0.445 e. The molecule has 2 aromatic rings. The van der Waals surface area contributed by atoms with Gasteiger partial charge in [-0.2, -0.15) is 13.2 Å². The number of carbonyl (C=O) groups excluding carboxylic acids is 2. The minimum absolute atomic E-state index is 0.133. The van der Waals surface area contributed by atoms with Gasteiger partial charge in [0.1, 0.15) is 0 Å². The molecule has 7 nitrogen and oxygen atoms in total. The number of carbonyl (C=O) groups is 2. The summed E-state index contributed by atoms with van der Waals surface area (Å²) in [4.78, 5) is 24.8. The van der Waals surface area contributed by atoms with Crippen LogP contribution in [0.2, 0.25) is 0 Å². The molecule has 1 aliphatic rings. The summed E-state index contributed by atoms with van der Waals surface area (Å²) in [6.07, 6.45) is 2.12. The van der Waals surface area contributed by atoms with Gasteiger partial charge in [0.25, 0.3) is 0 Å². The number of aromatic nitrogens is 2. The van der Waals surface area contributed by atoms with Crippen LogP contribution < -0.4 is 16.0 Å². The summed E-state index contributed by atoms with van der Waals surface area (Å²) in [5.74, 6) is -0.781. The summed E-state index contributed by atoms with van der Waals surface area (Å²) < 4.78 is 37.9. The van der Waals surface area contributed by atoms with E-state index in [0.717, 1.165) is 31.4 Å². The SMILES string of the molecule is O=C(C=CC(CCc1ccccc1)NC(=O)C1CCCCN1)Nc1nnc(C(F)(F)F)s1. The number of nitrogens with one attached hydrogen (secondary N) is 3. The first-order valence-electron chi connectivity index (χ1n) is 10.3. The van der Waals surface area contributed by atoms with Crippen molar-refractivity contribution in [3.63, 3.8) is 0 Å². The van der Waals surface area contributed by atoms with Crippen molar-refractivity contribution in [2.45, 2.75) is 50.4 Å². The second-order valence-corrected chi connectivity index (χ2v) is 8.38. The Labute approximate surface area is 187 Å². The summed E-state index contributed by atoms with van der Waals surface area (Å²) in [6.45, 7) is 0.785. The van der Waals surface area contributed by atoms with Crippen LogP contribution in [-0.4, -0.2) is 40.6 Å². The van der Waals surface area contributed by atoms with Crippen LogP contribution in [0.4, 0.5) is 18.3 Å². The van der Waals surface area contributed by atoms with Crippen LogP contribution in [0.5, 0.6) is 0 Å². The van der Waals surface area contributed by atoms with E-state index in [1.807, 2.05) is 30.3 Å². The van der Waals surface area contributed by atoms with Gasteiger partial charge in [-0.25, -0.2) is 0 Å². The Kier molecular flexibility index (Phi) is 8.34. The Bertz CT molecular complexity index is 927. The molecule has 1 saturated heterocycles. The zero-order valence-corrected chi connectivity index (χ0v) is 18.0. The topological polar surface area (TPSA) is 96.0 Å². The Balaban J connectivity index is 1.61. The zero-order chi connectivity index (χ0) is 23.0. The molecule has 3 rings (SSSR count). The first-order chi connectivity index (χ1) is 15.3. The Morgan fingerprint density at radius 3 is 2.66 bits per heavy atom. The molecule has 2 amide bonds. The van der Waals surface area contributed by atoms with Crippen molar-refractivity contribution in [2.75, 3.05) is 11.9 Å². The van der Waals surface area contributed by atoms with Gasteiger partial charge in [0, 0.05) is 12.1 Å². The maximum Gasteiger partial charge on any atom is 0.445 e. The number of aryl methyl sites for hydroxylation is 1. The van der Waals surface area contributed by atoms with Crippen molar-refractivity contribution in [1.82, 2.24) is 20.8 Å². The van der Waals surface area contributed by atoms with Crippen molar-refractivity contribution in [3.05, 3.63) is 53.1 Å². The van der Waals surface area contributed by atoms with E-state index in [9.17, 15) is 22.8 Å². The predicted molar refractivity (Wildman–Crippen MR) is 115 cm³/mol. The highest BCUT2D eigenvalue weighted by Gasteiger charge is 2.35. The summed E-state index contributed by atoms with van der Waals surface area (Å²) in [5, 5.41) is 13.4. The second kappa shape index (κ2) is 11.2. The number of hydrogen-bond donors (Lipinski definition) is 3. The molecule has 2 atom stereocenters. The van der Waals surface area contributed by atoms with Crippen LogP contribution in [0.15, 0.2) is 42.5 Å². The summed E-state index contributed by atoms with van der Waals surface area (Å²) in [7, 11) is 0. The van der Waals surface area contributed by atoms with E-state index >= 15 is 0 Å². The molecule has 2 heterocycles.